The highest BCUT2D eigenvalue weighted by Crippen LogP contribution is 2.22. The molecule has 4 rings (SSSR count). The maximum Gasteiger partial charge on any atom is 0.338 e. The van der Waals surface area contributed by atoms with Gasteiger partial charge in [-0.05, 0) is 51.1 Å². The van der Waals surface area contributed by atoms with Crippen LogP contribution < -0.4 is 0 Å². The Kier molecular flexibility index (Phi) is 5.55. The van der Waals surface area contributed by atoms with Crippen molar-refractivity contribution in [2.75, 3.05) is 19.7 Å². The number of hydrogen-bond acceptors (Lipinski definition) is 5. The normalized spacial score (nSPS) is 19.1. The summed E-state index contributed by atoms with van der Waals surface area (Å²) in [5.74, 6) is 0.0783. The molecule has 156 valence electrons. The molecule has 1 saturated heterocycles. The average molecular weight is 407 g/mol. The van der Waals surface area contributed by atoms with E-state index in [0.717, 1.165) is 17.0 Å². The molecular formula is C23H25N3O4. The van der Waals surface area contributed by atoms with Crippen LogP contribution in [0.2, 0.25) is 0 Å². The number of para-hydroxylation sites is 1. The molecule has 0 radical (unpaired) electrons. The van der Waals surface area contributed by atoms with Crippen molar-refractivity contribution in [3.05, 3.63) is 59.9 Å². The number of amides is 1. The Morgan fingerprint density at radius 1 is 1.10 bits per heavy atom. The smallest absolute Gasteiger partial charge is 0.338 e. The number of carbonyl (C=O) groups excluding carboxylic acids is 2. The van der Waals surface area contributed by atoms with E-state index in [1.54, 1.807) is 17.0 Å². The van der Waals surface area contributed by atoms with Gasteiger partial charge in [0.15, 0.2) is 6.61 Å². The number of esters is 1. The number of ether oxygens (including phenoxy) is 2. The predicted octanol–water partition coefficient (Wildman–Crippen LogP) is 3.13. The number of carbonyl (C=O) groups is 2. The van der Waals surface area contributed by atoms with Gasteiger partial charge in [0, 0.05) is 18.8 Å². The number of morpholine rings is 1. The molecule has 0 bridgehead atoms. The lowest BCUT2D eigenvalue weighted by Crippen LogP contribution is -2.49. The lowest BCUT2D eigenvalue weighted by Gasteiger charge is -2.35. The van der Waals surface area contributed by atoms with Gasteiger partial charge in [-0.15, -0.1) is 0 Å². The molecule has 2 aromatic carbocycles. The molecule has 0 unspecified atom stereocenters. The summed E-state index contributed by atoms with van der Waals surface area (Å²) >= 11 is 0. The van der Waals surface area contributed by atoms with Gasteiger partial charge in [0.05, 0.1) is 28.8 Å². The van der Waals surface area contributed by atoms with Crippen LogP contribution in [-0.4, -0.2) is 58.2 Å². The highest BCUT2D eigenvalue weighted by molar-refractivity contribution is 5.95. The molecular weight excluding hydrogens is 382 g/mol. The van der Waals surface area contributed by atoms with Gasteiger partial charge in [-0.25, -0.2) is 9.78 Å². The lowest BCUT2D eigenvalue weighted by atomic mass is 10.2. The first-order chi connectivity index (χ1) is 14.4. The minimum atomic E-state index is -0.536. The number of rotatable bonds is 4. The van der Waals surface area contributed by atoms with Crippen LogP contribution >= 0.6 is 0 Å². The average Bonchev–Trinajstić information content (AvgIpc) is 3.06. The molecule has 1 fully saturated rings. The van der Waals surface area contributed by atoms with Gasteiger partial charge in [-0.3, -0.25) is 9.36 Å². The first-order valence-electron chi connectivity index (χ1n) is 10.1. The number of benzene rings is 2. The van der Waals surface area contributed by atoms with Crippen molar-refractivity contribution in [2.45, 2.75) is 33.0 Å². The maximum atomic E-state index is 12.5. The maximum absolute atomic E-state index is 12.5. The van der Waals surface area contributed by atoms with E-state index in [9.17, 15) is 9.59 Å². The van der Waals surface area contributed by atoms with Crippen molar-refractivity contribution in [1.82, 2.24) is 14.5 Å². The molecule has 3 aromatic rings. The zero-order chi connectivity index (χ0) is 21.3. The van der Waals surface area contributed by atoms with Crippen LogP contribution in [0.3, 0.4) is 0 Å². The van der Waals surface area contributed by atoms with Crippen LogP contribution in [0, 0.1) is 6.92 Å². The Morgan fingerprint density at radius 2 is 1.80 bits per heavy atom. The SMILES string of the molecule is Cc1nc2cc(C(=O)OCC(=O)N3C[C@H](C)O[C@@H](C)C3)ccc2n1-c1ccccc1. The van der Waals surface area contributed by atoms with Gasteiger partial charge < -0.3 is 14.4 Å². The van der Waals surface area contributed by atoms with Crippen molar-refractivity contribution < 1.29 is 19.1 Å². The van der Waals surface area contributed by atoms with Crippen LogP contribution in [0.15, 0.2) is 48.5 Å². The highest BCUT2D eigenvalue weighted by Gasteiger charge is 2.26. The summed E-state index contributed by atoms with van der Waals surface area (Å²) in [6.45, 7) is 6.50. The third kappa shape index (κ3) is 4.07. The Hall–Kier alpha value is -3.19. The molecule has 2 atom stereocenters. The van der Waals surface area contributed by atoms with Gasteiger partial charge >= 0.3 is 5.97 Å². The molecule has 30 heavy (non-hydrogen) atoms. The van der Waals surface area contributed by atoms with E-state index in [-0.39, 0.29) is 24.7 Å². The van der Waals surface area contributed by atoms with Crippen LogP contribution in [0.25, 0.3) is 16.7 Å². The standard InChI is InChI=1S/C23H25N3O4/c1-15-12-25(13-16(2)30-15)22(27)14-29-23(28)18-9-10-21-20(11-18)24-17(3)26(21)19-7-5-4-6-8-19/h4-11,15-16H,12-14H2,1-3H3/t15-,16-/m0/s1. The van der Waals surface area contributed by atoms with E-state index in [1.165, 1.54) is 0 Å². The minimum absolute atomic E-state index is 0.0289. The summed E-state index contributed by atoms with van der Waals surface area (Å²) in [4.78, 5) is 31.2. The minimum Gasteiger partial charge on any atom is -0.452 e. The third-order valence-electron chi connectivity index (χ3n) is 5.17. The van der Waals surface area contributed by atoms with Crippen molar-refractivity contribution in [3.8, 4) is 5.69 Å². The quantitative estimate of drug-likeness (QED) is 0.622. The van der Waals surface area contributed by atoms with E-state index in [0.29, 0.717) is 24.2 Å². The van der Waals surface area contributed by atoms with Crippen LogP contribution in [0.1, 0.15) is 30.0 Å². The predicted molar refractivity (Wildman–Crippen MR) is 113 cm³/mol. The molecule has 1 aliphatic heterocycles. The van der Waals surface area contributed by atoms with Gasteiger partial charge in [0.25, 0.3) is 5.91 Å². The third-order valence-corrected chi connectivity index (χ3v) is 5.17. The molecule has 7 nitrogen and oxygen atoms in total. The number of nitrogens with zero attached hydrogens (tertiary/aromatic N) is 3. The molecule has 1 aromatic heterocycles. The first kappa shape index (κ1) is 20.1. The second-order valence-corrected chi connectivity index (χ2v) is 7.67. The van der Waals surface area contributed by atoms with Gasteiger partial charge in [0.1, 0.15) is 5.82 Å². The summed E-state index contributed by atoms with van der Waals surface area (Å²) in [6.07, 6.45) is -0.0578. The Morgan fingerprint density at radius 3 is 2.50 bits per heavy atom. The number of fused-ring (bicyclic) bond motifs is 1. The molecule has 1 aliphatic rings. The van der Waals surface area contributed by atoms with Crippen LogP contribution in [0.5, 0.6) is 0 Å². The molecule has 7 heteroatoms. The van der Waals surface area contributed by atoms with Gasteiger partial charge in [-0.1, -0.05) is 18.2 Å². The lowest BCUT2D eigenvalue weighted by molar-refractivity contribution is -0.146. The number of aryl methyl sites for hydroxylation is 1. The van der Waals surface area contributed by atoms with E-state index >= 15 is 0 Å². The molecule has 0 N–H and O–H groups in total. The number of imidazole rings is 1. The molecule has 0 spiro atoms. The van der Waals surface area contributed by atoms with Gasteiger partial charge in [0.2, 0.25) is 0 Å². The molecule has 0 aliphatic carbocycles. The summed E-state index contributed by atoms with van der Waals surface area (Å²) in [6, 6.07) is 15.2. The summed E-state index contributed by atoms with van der Waals surface area (Å²) in [5, 5.41) is 0. The molecule has 0 saturated carbocycles. The van der Waals surface area contributed by atoms with E-state index in [2.05, 4.69) is 4.98 Å². The fraction of sp³-hybridized carbons (Fsp3) is 0.348. The second-order valence-electron chi connectivity index (χ2n) is 7.67. The molecule has 1 amide bonds. The fourth-order valence-electron chi connectivity index (χ4n) is 3.91. The van der Waals surface area contributed by atoms with E-state index < -0.39 is 5.97 Å². The molecule has 2 heterocycles. The fourth-order valence-corrected chi connectivity index (χ4v) is 3.91. The Balaban J connectivity index is 1.47. The van der Waals surface area contributed by atoms with Crippen molar-refractivity contribution in [3.63, 3.8) is 0 Å². The highest BCUT2D eigenvalue weighted by atomic mass is 16.5. The number of hydrogen-bond donors (Lipinski definition) is 0. The van der Waals surface area contributed by atoms with E-state index in [1.807, 2.05) is 61.7 Å². The topological polar surface area (TPSA) is 73.7 Å². The second kappa shape index (κ2) is 8.28. The zero-order valence-corrected chi connectivity index (χ0v) is 17.4. The summed E-state index contributed by atoms with van der Waals surface area (Å²) in [5.41, 5.74) is 2.99. The summed E-state index contributed by atoms with van der Waals surface area (Å²) in [7, 11) is 0. The monoisotopic (exact) mass is 407 g/mol. The number of aromatic nitrogens is 2. The van der Waals surface area contributed by atoms with Crippen LogP contribution in [-0.2, 0) is 14.3 Å². The van der Waals surface area contributed by atoms with Crippen molar-refractivity contribution in [2.24, 2.45) is 0 Å². The van der Waals surface area contributed by atoms with Crippen LogP contribution in [0.4, 0.5) is 0 Å². The Bertz CT molecular complexity index is 1070. The summed E-state index contributed by atoms with van der Waals surface area (Å²) < 4.78 is 13.0. The van der Waals surface area contributed by atoms with Gasteiger partial charge in [-0.2, -0.15) is 0 Å². The van der Waals surface area contributed by atoms with Crippen molar-refractivity contribution >= 4 is 22.9 Å². The zero-order valence-electron chi connectivity index (χ0n) is 17.4. The largest absolute Gasteiger partial charge is 0.452 e. The van der Waals surface area contributed by atoms with Crippen molar-refractivity contribution in [1.29, 1.82) is 0 Å². The Labute approximate surface area is 175 Å². The first-order valence-corrected chi connectivity index (χ1v) is 10.1. The van der Waals surface area contributed by atoms with E-state index in [4.69, 9.17) is 9.47 Å².